The van der Waals surface area contributed by atoms with Crippen LogP contribution in [0, 0.1) is 19.7 Å². The maximum absolute atomic E-state index is 13.3. The minimum absolute atomic E-state index is 0.135. The lowest BCUT2D eigenvalue weighted by Crippen LogP contribution is -2.39. The number of H-pyrrole nitrogens is 1. The zero-order valence-corrected chi connectivity index (χ0v) is 17.3. The van der Waals surface area contributed by atoms with Crippen LogP contribution in [0.2, 0.25) is 0 Å². The average Bonchev–Trinajstić information content (AvgIpc) is 3.37. The van der Waals surface area contributed by atoms with Crippen molar-refractivity contribution in [2.24, 2.45) is 0 Å². The van der Waals surface area contributed by atoms with E-state index in [1.54, 1.807) is 30.3 Å². The maximum Gasteiger partial charge on any atom is 0.255 e. The minimum atomic E-state index is -0.375. The van der Waals surface area contributed by atoms with Gasteiger partial charge in [0.1, 0.15) is 11.6 Å². The SMILES string of the molecule is Cc1cc(F)ccc1C(=O)N1CC[C@@H](NC(=O)c2cc(-c3c[nH]nc3C)cnc2N)C1. The van der Waals surface area contributed by atoms with E-state index in [1.165, 1.54) is 18.2 Å². The molecule has 8 nitrogen and oxygen atoms in total. The van der Waals surface area contributed by atoms with Crippen molar-refractivity contribution in [1.29, 1.82) is 0 Å². The van der Waals surface area contributed by atoms with Crippen molar-refractivity contribution in [2.75, 3.05) is 18.8 Å². The fourth-order valence-corrected chi connectivity index (χ4v) is 3.82. The maximum atomic E-state index is 13.3. The summed E-state index contributed by atoms with van der Waals surface area (Å²) in [5.41, 5.74) is 9.64. The summed E-state index contributed by atoms with van der Waals surface area (Å²) in [5.74, 6) is -0.756. The summed E-state index contributed by atoms with van der Waals surface area (Å²) in [5, 5.41) is 9.82. The Morgan fingerprint density at radius 1 is 1.26 bits per heavy atom. The zero-order chi connectivity index (χ0) is 22.1. The first-order chi connectivity index (χ1) is 14.8. The van der Waals surface area contributed by atoms with Crippen LogP contribution in [0.15, 0.2) is 36.7 Å². The predicted octanol–water partition coefficient (Wildman–Crippen LogP) is 2.45. The van der Waals surface area contributed by atoms with Gasteiger partial charge in [-0.25, -0.2) is 9.37 Å². The molecule has 9 heteroatoms. The fraction of sp³-hybridized carbons (Fsp3) is 0.273. The van der Waals surface area contributed by atoms with Crippen LogP contribution in [0.25, 0.3) is 11.1 Å². The van der Waals surface area contributed by atoms with E-state index >= 15 is 0 Å². The van der Waals surface area contributed by atoms with Crippen molar-refractivity contribution in [2.45, 2.75) is 26.3 Å². The number of aromatic amines is 1. The number of rotatable bonds is 4. The molecule has 0 saturated carbocycles. The van der Waals surface area contributed by atoms with Gasteiger partial charge < -0.3 is 16.0 Å². The van der Waals surface area contributed by atoms with E-state index in [-0.39, 0.29) is 35.1 Å². The lowest BCUT2D eigenvalue weighted by Gasteiger charge is -2.18. The summed E-state index contributed by atoms with van der Waals surface area (Å²) in [6.45, 7) is 4.43. The Morgan fingerprint density at radius 3 is 2.77 bits per heavy atom. The highest BCUT2D eigenvalue weighted by atomic mass is 19.1. The summed E-state index contributed by atoms with van der Waals surface area (Å²) in [6, 6.07) is 5.59. The average molecular weight is 422 g/mol. The molecule has 1 fully saturated rings. The van der Waals surface area contributed by atoms with E-state index in [2.05, 4.69) is 20.5 Å². The monoisotopic (exact) mass is 422 g/mol. The molecule has 160 valence electrons. The number of carbonyl (C=O) groups is 2. The van der Waals surface area contributed by atoms with Crippen LogP contribution in [-0.2, 0) is 0 Å². The van der Waals surface area contributed by atoms with Crippen LogP contribution < -0.4 is 11.1 Å². The number of nitrogens with two attached hydrogens (primary N) is 1. The summed E-state index contributed by atoms with van der Waals surface area (Å²) in [7, 11) is 0. The molecule has 1 aromatic carbocycles. The van der Waals surface area contributed by atoms with Gasteiger partial charge in [-0.2, -0.15) is 5.10 Å². The van der Waals surface area contributed by atoms with Crippen molar-refractivity contribution >= 4 is 17.6 Å². The Balaban J connectivity index is 1.45. The van der Waals surface area contributed by atoms with Crippen molar-refractivity contribution in [3.05, 3.63) is 64.9 Å². The minimum Gasteiger partial charge on any atom is -0.383 e. The molecule has 0 unspecified atom stereocenters. The van der Waals surface area contributed by atoms with Gasteiger partial charge in [-0.15, -0.1) is 0 Å². The van der Waals surface area contributed by atoms with Gasteiger partial charge in [0.05, 0.1) is 11.3 Å². The molecule has 4 N–H and O–H groups in total. The highest BCUT2D eigenvalue weighted by Gasteiger charge is 2.29. The van der Waals surface area contributed by atoms with Crippen molar-refractivity contribution < 1.29 is 14.0 Å². The Bertz CT molecular complexity index is 1160. The topological polar surface area (TPSA) is 117 Å². The number of halogens is 1. The quantitative estimate of drug-likeness (QED) is 0.597. The number of nitrogens with one attached hydrogen (secondary N) is 2. The second-order valence-electron chi connectivity index (χ2n) is 7.71. The Kier molecular flexibility index (Phi) is 5.41. The Labute approximate surface area is 178 Å². The first-order valence-electron chi connectivity index (χ1n) is 9.96. The predicted molar refractivity (Wildman–Crippen MR) is 114 cm³/mol. The molecule has 3 aromatic rings. The molecule has 3 heterocycles. The molecule has 1 atom stereocenters. The van der Waals surface area contributed by atoms with Crippen LogP contribution in [-0.4, -0.2) is 51.0 Å². The normalized spacial score (nSPS) is 15.8. The van der Waals surface area contributed by atoms with E-state index < -0.39 is 0 Å². The second kappa shape index (κ2) is 8.17. The number of aromatic nitrogens is 3. The van der Waals surface area contributed by atoms with E-state index in [4.69, 9.17) is 5.73 Å². The smallest absolute Gasteiger partial charge is 0.255 e. The molecule has 0 spiro atoms. The first kappa shape index (κ1) is 20.5. The number of likely N-dealkylation sites (tertiary alicyclic amines) is 1. The Hall–Kier alpha value is -3.75. The third kappa shape index (κ3) is 4.11. The zero-order valence-electron chi connectivity index (χ0n) is 17.3. The van der Waals surface area contributed by atoms with Crippen molar-refractivity contribution in [3.63, 3.8) is 0 Å². The van der Waals surface area contributed by atoms with Gasteiger partial charge in [0.25, 0.3) is 11.8 Å². The van der Waals surface area contributed by atoms with Gasteiger partial charge in [0.2, 0.25) is 0 Å². The molecule has 1 saturated heterocycles. The third-order valence-electron chi connectivity index (χ3n) is 5.53. The largest absolute Gasteiger partial charge is 0.383 e. The summed E-state index contributed by atoms with van der Waals surface area (Å²) in [4.78, 5) is 31.5. The lowest BCUT2D eigenvalue weighted by molar-refractivity contribution is 0.0782. The van der Waals surface area contributed by atoms with Crippen molar-refractivity contribution in [3.8, 4) is 11.1 Å². The van der Waals surface area contributed by atoms with E-state index in [0.29, 0.717) is 30.6 Å². The van der Waals surface area contributed by atoms with Crippen LogP contribution in [0.1, 0.15) is 38.4 Å². The summed E-state index contributed by atoms with van der Waals surface area (Å²) < 4.78 is 13.3. The van der Waals surface area contributed by atoms with Crippen molar-refractivity contribution in [1.82, 2.24) is 25.4 Å². The number of benzene rings is 1. The molecule has 0 radical (unpaired) electrons. The molecule has 0 bridgehead atoms. The van der Waals surface area contributed by atoms with Crippen LogP contribution >= 0.6 is 0 Å². The number of nitrogen functional groups attached to an aromatic ring is 1. The second-order valence-corrected chi connectivity index (χ2v) is 7.71. The molecular formula is C22H23FN6O2. The number of anilines is 1. The van der Waals surface area contributed by atoms with Crippen LogP contribution in [0.5, 0.6) is 0 Å². The van der Waals surface area contributed by atoms with E-state index in [9.17, 15) is 14.0 Å². The van der Waals surface area contributed by atoms with Gasteiger partial charge in [-0.05, 0) is 50.1 Å². The van der Waals surface area contributed by atoms with Crippen LogP contribution in [0.3, 0.4) is 0 Å². The molecular weight excluding hydrogens is 399 g/mol. The third-order valence-corrected chi connectivity index (χ3v) is 5.53. The number of nitrogens with zero attached hydrogens (tertiary/aromatic N) is 3. The van der Waals surface area contributed by atoms with E-state index in [1.807, 2.05) is 6.92 Å². The number of amides is 2. The molecule has 4 rings (SSSR count). The number of carbonyl (C=O) groups excluding carboxylic acids is 2. The molecule has 0 aliphatic carbocycles. The fourth-order valence-electron chi connectivity index (χ4n) is 3.82. The Morgan fingerprint density at radius 2 is 2.06 bits per heavy atom. The highest BCUT2D eigenvalue weighted by molar-refractivity contribution is 6.00. The van der Waals surface area contributed by atoms with Gasteiger partial charge in [-0.1, -0.05) is 0 Å². The van der Waals surface area contributed by atoms with E-state index in [0.717, 1.165) is 16.8 Å². The number of hydrogen-bond acceptors (Lipinski definition) is 5. The van der Waals surface area contributed by atoms with Gasteiger partial charge >= 0.3 is 0 Å². The number of aryl methyl sites for hydroxylation is 2. The van der Waals surface area contributed by atoms with Gasteiger partial charge in [0.15, 0.2) is 0 Å². The lowest BCUT2D eigenvalue weighted by atomic mass is 10.1. The molecule has 2 amide bonds. The molecule has 1 aliphatic rings. The summed E-state index contributed by atoms with van der Waals surface area (Å²) >= 11 is 0. The molecule has 2 aromatic heterocycles. The molecule has 31 heavy (non-hydrogen) atoms. The molecule has 1 aliphatic heterocycles. The number of hydrogen-bond donors (Lipinski definition) is 3. The summed E-state index contributed by atoms with van der Waals surface area (Å²) in [6.07, 6.45) is 3.96. The van der Waals surface area contributed by atoms with Crippen LogP contribution in [0.4, 0.5) is 10.2 Å². The standard InChI is InChI=1S/C22H23FN6O2/c1-12-7-15(23)3-4-17(12)22(31)29-6-5-16(11-29)27-21(30)18-8-14(9-25-20(18)24)19-10-26-28-13(19)2/h3-4,7-10,16H,5-6,11H2,1-2H3,(H2,24,25)(H,26,28)(H,27,30)/t16-/m1/s1. The highest BCUT2D eigenvalue weighted by Crippen LogP contribution is 2.24. The number of pyridine rings is 1. The first-order valence-corrected chi connectivity index (χ1v) is 9.96. The van der Waals surface area contributed by atoms with Gasteiger partial charge in [-0.3, -0.25) is 14.7 Å². The van der Waals surface area contributed by atoms with Gasteiger partial charge in [0, 0.05) is 48.2 Å².